The van der Waals surface area contributed by atoms with E-state index < -0.39 is 0 Å². The van der Waals surface area contributed by atoms with E-state index in [9.17, 15) is 4.79 Å². The van der Waals surface area contributed by atoms with Gasteiger partial charge >= 0.3 is 5.97 Å². The van der Waals surface area contributed by atoms with Crippen LogP contribution in [0.15, 0.2) is 0 Å². The molecule has 0 heterocycles. The molecule has 0 aromatic carbocycles. The predicted molar refractivity (Wildman–Crippen MR) is 108 cm³/mol. The van der Waals surface area contributed by atoms with Gasteiger partial charge in [-0.2, -0.15) is 0 Å². The van der Waals surface area contributed by atoms with Crippen LogP contribution >= 0.6 is 0 Å². The smallest absolute Gasteiger partial charge is 0.307 e. The molecule has 0 aromatic rings. The molecule has 2 saturated carbocycles. The fraction of sp³-hybridized carbons (Fsp3) is 0.955. The number of unbranched alkanes of at least 4 members (excludes halogenated alkanes) is 3. The summed E-state index contributed by atoms with van der Waals surface area (Å²) in [5, 5.41) is 3.58. The maximum atomic E-state index is 11.7. The highest BCUT2D eigenvalue weighted by molar-refractivity contribution is 5.69. The molecule has 0 unspecified atom stereocenters. The van der Waals surface area contributed by atoms with Crippen LogP contribution in [0.4, 0.5) is 0 Å². The number of nitrogens with one attached hydrogen (secondary N) is 1. The normalized spacial score (nSPS) is 29.5. The van der Waals surface area contributed by atoms with Crippen LogP contribution in [0.3, 0.4) is 0 Å². The van der Waals surface area contributed by atoms with E-state index in [0.29, 0.717) is 25.1 Å². The van der Waals surface area contributed by atoms with Crippen LogP contribution in [0.25, 0.3) is 0 Å². The number of ether oxygens (including phenoxy) is 1. The van der Waals surface area contributed by atoms with Crippen molar-refractivity contribution in [2.45, 2.75) is 109 Å². The first-order chi connectivity index (χ1) is 12.7. The van der Waals surface area contributed by atoms with Gasteiger partial charge in [-0.1, -0.05) is 26.2 Å². The maximum absolute atomic E-state index is 11.7. The lowest BCUT2D eigenvalue weighted by Crippen LogP contribution is -2.35. The van der Waals surface area contributed by atoms with Crippen LogP contribution in [-0.4, -0.2) is 31.2 Å². The van der Waals surface area contributed by atoms with Gasteiger partial charge in [-0.05, 0) is 76.0 Å². The monoisotopic (exact) mass is 366 g/mol. The average molecular weight is 367 g/mol. The minimum absolute atomic E-state index is 0.0433. The summed E-state index contributed by atoms with van der Waals surface area (Å²) in [6.45, 7) is 3.55. The van der Waals surface area contributed by atoms with E-state index in [1.165, 1.54) is 77.0 Å². The number of rotatable bonds is 11. The van der Waals surface area contributed by atoms with Crippen molar-refractivity contribution in [1.82, 2.24) is 5.32 Å². The number of carbonyl (C=O) groups excluding carboxylic acids is 1. The van der Waals surface area contributed by atoms with Crippen LogP contribution in [0, 0.1) is 11.8 Å². The summed E-state index contributed by atoms with van der Waals surface area (Å²) in [6, 6.07) is 1.07. The first-order valence-corrected chi connectivity index (χ1v) is 11.3. The van der Waals surface area contributed by atoms with Gasteiger partial charge in [-0.15, -0.1) is 0 Å². The van der Waals surface area contributed by atoms with Crippen molar-refractivity contribution in [2.24, 2.45) is 17.6 Å². The average Bonchev–Trinajstić information content (AvgIpc) is 2.65. The summed E-state index contributed by atoms with van der Waals surface area (Å²) in [4.78, 5) is 11.7. The Bertz CT molecular complexity index is 372. The van der Waals surface area contributed by atoms with Gasteiger partial charge < -0.3 is 15.8 Å². The molecule has 0 spiro atoms. The van der Waals surface area contributed by atoms with Crippen molar-refractivity contribution in [1.29, 1.82) is 0 Å². The lowest BCUT2D eigenvalue weighted by Gasteiger charge is -2.33. The molecule has 0 atom stereocenters. The Morgan fingerprint density at radius 2 is 1.62 bits per heavy atom. The molecule has 4 nitrogen and oxygen atoms in total. The van der Waals surface area contributed by atoms with Crippen molar-refractivity contribution >= 4 is 5.97 Å². The molecule has 0 bridgehead atoms. The van der Waals surface area contributed by atoms with E-state index in [-0.39, 0.29) is 5.97 Å². The van der Waals surface area contributed by atoms with Gasteiger partial charge in [0.25, 0.3) is 0 Å². The van der Waals surface area contributed by atoms with Crippen molar-refractivity contribution in [2.75, 3.05) is 13.2 Å². The molecule has 4 heteroatoms. The van der Waals surface area contributed by atoms with Gasteiger partial charge in [0.1, 0.15) is 0 Å². The van der Waals surface area contributed by atoms with Gasteiger partial charge in [0.15, 0.2) is 0 Å². The van der Waals surface area contributed by atoms with Crippen LogP contribution in [-0.2, 0) is 9.53 Å². The fourth-order valence-corrected chi connectivity index (χ4v) is 4.66. The molecule has 2 fully saturated rings. The van der Waals surface area contributed by atoms with Crippen LogP contribution in [0.1, 0.15) is 96.8 Å². The van der Waals surface area contributed by atoms with Gasteiger partial charge in [-0.25, -0.2) is 0 Å². The first-order valence-electron chi connectivity index (χ1n) is 11.3. The molecule has 0 aromatic heterocycles. The largest absolute Gasteiger partial charge is 0.466 e. The van der Waals surface area contributed by atoms with E-state index in [2.05, 4.69) is 12.2 Å². The van der Waals surface area contributed by atoms with E-state index in [1.54, 1.807) is 0 Å². The number of hydrogen-bond acceptors (Lipinski definition) is 4. The zero-order valence-electron chi connectivity index (χ0n) is 17.0. The Morgan fingerprint density at radius 1 is 0.962 bits per heavy atom. The number of esters is 1. The van der Waals surface area contributed by atoms with Crippen molar-refractivity contribution < 1.29 is 9.53 Å². The molecule has 2 rings (SSSR count). The Hall–Kier alpha value is -0.610. The summed E-state index contributed by atoms with van der Waals surface area (Å²) < 4.78 is 5.30. The highest BCUT2D eigenvalue weighted by Crippen LogP contribution is 2.35. The maximum Gasteiger partial charge on any atom is 0.307 e. The van der Waals surface area contributed by atoms with Gasteiger partial charge in [0.05, 0.1) is 13.0 Å². The fourth-order valence-electron chi connectivity index (χ4n) is 4.66. The van der Waals surface area contributed by atoms with Crippen LogP contribution < -0.4 is 11.1 Å². The summed E-state index contributed by atoms with van der Waals surface area (Å²) >= 11 is 0. The predicted octanol–water partition coefficient (Wildman–Crippen LogP) is 4.56. The SMILES string of the molecule is CCCCCCOC(=O)CCNC1CCC(CC2CCC(N)CC2)CC1. The molecule has 26 heavy (non-hydrogen) atoms. The second-order valence-electron chi connectivity index (χ2n) is 8.72. The molecule has 0 saturated heterocycles. The molecule has 0 amide bonds. The Kier molecular flexibility index (Phi) is 10.6. The van der Waals surface area contributed by atoms with Gasteiger partial charge in [0.2, 0.25) is 0 Å². The highest BCUT2D eigenvalue weighted by atomic mass is 16.5. The topological polar surface area (TPSA) is 64.3 Å². The van der Waals surface area contributed by atoms with Crippen LogP contribution in [0.2, 0.25) is 0 Å². The zero-order chi connectivity index (χ0) is 18.6. The van der Waals surface area contributed by atoms with Gasteiger partial charge in [0, 0.05) is 18.6 Å². The lowest BCUT2D eigenvalue weighted by molar-refractivity contribution is -0.143. The Labute approximate surface area is 161 Å². The minimum Gasteiger partial charge on any atom is -0.466 e. The third-order valence-electron chi connectivity index (χ3n) is 6.43. The molecule has 3 N–H and O–H groups in total. The third-order valence-corrected chi connectivity index (χ3v) is 6.43. The molecular formula is C22H42N2O2. The second-order valence-corrected chi connectivity index (χ2v) is 8.72. The van der Waals surface area contributed by atoms with Crippen LogP contribution in [0.5, 0.6) is 0 Å². The quantitative estimate of drug-likeness (QED) is 0.416. The third kappa shape index (κ3) is 8.85. The Balaban J connectivity index is 1.46. The number of carbonyl (C=O) groups is 1. The molecule has 2 aliphatic rings. The van der Waals surface area contributed by atoms with Crippen molar-refractivity contribution in [3.05, 3.63) is 0 Å². The number of hydrogen-bond donors (Lipinski definition) is 2. The molecule has 2 aliphatic carbocycles. The van der Waals surface area contributed by atoms with E-state index >= 15 is 0 Å². The molecule has 0 aliphatic heterocycles. The Morgan fingerprint density at radius 3 is 2.27 bits per heavy atom. The van der Waals surface area contributed by atoms with Gasteiger partial charge in [-0.3, -0.25) is 4.79 Å². The summed E-state index contributed by atoms with van der Waals surface area (Å²) in [7, 11) is 0. The zero-order valence-corrected chi connectivity index (χ0v) is 17.0. The number of nitrogens with two attached hydrogens (primary N) is 1. The standard InChI is InChI=1S/C22H42N2O2/c1-2-3-4-5-16-26-22(25)14-15-24-21-12-8-19(9-13-21)17-18-6-10-20(23)11-7-18/h18-21,24H,2-17,23H2,1H3. The molecule has 0 radical (unpaired) electrons. The molecule has 152 valence electrons. The summed E-state index contributed by atoms with van der Waals surface area (Å²) in [5.74, 6) is 1.80. The minimum atomic E-state index is -0.0433. The highest BCUT2D eigenvalue weighted by Gasteiger charge is 2.25. The molecular weight excluding hydrogens is 324 g/mol. The lowest BCUT2D eigenvalue weighted by atomic mass is 9.76. The summed E-state index contributed by atoms with van der Waals surface area (Å²) in [5.41, 5.74) is 6.02. The van der Waals surface area contributed by atoms with Crippen molar-refractivity contribution in [3.63, 3.8) is 0 Å². The van der Waals surface area contributed by atoms with E-state index in [4.69, 9.17) is 10.5 Å². The summed E-state index contributed by atoms with van der Waals surface area (Å²) in [6.07, 6.45) is 16.9. The van der Waals surface area contributed by atoms with E-state index in [0.717, 1.165) is 24.8 Å². The van der Waals surface area contributed by atoms with Crippen molar-refractivity contribution in [3.8, 4) is 0 Å². The van der Waals surface area contributed by atoms with E-state index in [1.807, 2.05) is 0 Å². The first kappa shape index (κ1) is 21.7. The second kappa shape index (κ2) is 12.7.